The number of hydrogen-bond acceptors (Lipinski definition) is 8. The maximum absolute atomic E-state index is 9.96. The van der Waals surface area contributed by atoms with E-state index in [2.05, 4.69) is 21.0 Å². The van der Waals surface area contributed by atoms with Crippen molar-refractivity contribution in [2.75, 3.05) is 39.0 Å². The summed E-state index contributed by atoms with van der Waals surface area (Å²) in [6.07, 6.45) is 6.29. The molecule has 2 aromatic heterocycles. The van der Waals surface area contributed by atoms with Gasteiger partial charge < -0.3 is 14.4 Å². The average Bonchev–Trinajstić information content (AvgIpc) is 2.81. The number of nitriles is 1. The van der Waals surface area contributed by atoms with Gasteiger partial charge in [-0.25, -0.2) is 9.97 Å². The molecule has 0 saturated heterocycles. The monoisotopic (exact) mass is 421 g/mol. The number of benzene rings is 1. The number of hydrogen-bond donors (Lipinski definition) is 0. The quantitative estimate of drug-likeness (QED) is 0.401. The maximum atomic E-state index is 9.96. The van der Waals surface area contributed by atoms with Gasteiger partial charge in [0.2, 0.25) is 0 Å². The second-order valence-electron chi connectivity index (χ2n) is 6.47. The molecule has 0 fully saturated rings. The molecule has 154 valence electrons. The molecule has 7 nitrogen and oxygen atoms in total. The van der Waals surface area contributed by atoms with Crippen molar-refractivity contribution >= 4 is 17.6 Å². The van der Waals surface area contributed by atoms with Crippen LogP contribution in [0, 0.1) is 11.3 Å². The van der Waals surface area contributed by atoms with E-state index in [4.69, 9.17) is 9.47 Å². The highest BCUT2D eigenvalue weighted by molar-refractivity contribution is 7.98. The van der Waals surface area contributed by atoms with Gasteiger partial charge in [-0.3, -0.25) is 4.98 Å². The lowest BCUT2D eigenvalue weighted by Gasteiger charge is -2.21. The van der Waals surface area contributed by atoms with Crippen molar-refractivity contribution in [1.29, 1.82) is 5.26 Å². The molecule has 0 amide bonds. The molecule has 0 aliphatic carbocycles. The number of methoxy groups -OCH3 is 2. The van der Waals surface area contributed by atoms with Crippen LogP contribution in [-0.2, 0) is 6.42 Å². The average molecular weight is 422 g/mol. The summed E-state index contributed by atoms with van der Waals surface area (Å²) in [6, 6.07) is 11.8. The zero-order chi connectivity index (χ0) is 21.5. The van der Waals surface area contributed by atoms with E-state index in [9.17, 15) is 5.26 Å². The molecule has 0 spiro atoms. The molecule has 3 rings (SSSR count). The van der Waals surface area contributed by atoms with Crippen LogP contribution in [0.3, 0.4) is 0 Å². The van der Waals surface area contributed by atoms with Gasteiger partial charge >= 0.3 is 0 Å². The Bertz CT molecular complexity index is 1050. The van der Waals surface area contributed by atoms with E-state index >= 15 is 0 Å². The normalized spacial score (nSPS) is 10.4. The Morgan fingerprint density at radius 3 is 2.43 bits per heavy atom. The summed E-state index contributed by atoms with van der Waals surface area (Å²) in [6.45, 7) is 0.703. The SMILES string of the molecule is COc1ccc(-c2nc(SC)nc(N(C)CCc3ccncc3)c2C#N)cc1OC. The highest BCUT2D eigenvalue weighted by Crippen LogP contribution is 2.35. The van der Waals surface area contributed by atoms with Crippen LogP contribution in [-0.4, -0.2) is 49.0 Å². The highest BCUT2D eigenvalue weighted by Gasteiger charge is 2.20. The van der Waals surface area contributed by atoms with Crippen molar-refractivity contribution in [3.8, 4) is 28.8 Å². The Hall–Kier alpha value is -3.31. The Kier molecular flexibility index (Phi) is 7.09. The number of pyridine rings is 1. The summed E-state index contributed by atoms with van der Waals surface area (Å²) in [7, 11) is 5.11. The predicted octanol–water partition coefficient (Wildman–Crippen LogP) is 3.83. The fourth-order valence-corrected chi connectivity index (χ4v) is 3.40. The molecule has 0 N–H and O–H groups in total. The van der Waals surface area contributed by atoms with Crippen LogP contribution in [0.15, 0.2) is 47.9 Å². The van der Waals surface area contributed by atoms with Crippen LogP contribution in [0.2, 0.25) is 0 Å². The topological polar surface area (TPSA) is 84.2 Å². The fourth-order valence-electron chi connectivity index (χ4n) is 3.04. The van der Waals surface area contributed by atoms with Crippen LogP contribution in [0.1, 0.15) is 11.1 Å². The third-order valence-electron chi connectivity index (χ3n) is 4.67. The summed E-state index contributed by atoms with van der Waals surface area (Å²) < 4.78 is 10.7. The largest absolute Gasteiger partial charge is 0.493 e. The van der Waals surface area contributed by atoms with Crippen LogP contribution in [0.25, 0.3) is 11.3 Å². The molecule has 0 radical (unpaired) electrons. The molecule has 0 saturated carbocycles. The lowest BCUT2D eigenvalue weighted by Crippen LogP contribution is -2.23. The smallest absolute Gasteiger partial charge is 0.189 e. The molecule has 1 aromatic carbocycles. The van der Waals surface area contributed by atoms with Crippen LogP contribution in [0.4, 0.5) is 5.82 Å². The van der Waals surface area contributed by atoms with Crippen LogP contribution < -0.4 is 14.4 Å². The number of aromatic nitrogens is 3. The van der Waals surface area contributed by atoms with E-state index in [-0.39, 0.29) is 0 Å². The van der Waals surface area contributed by atoms with E-state index < -0.39 is 0 Å². The maximum Gasteiger partial charge on any atom is 0.189 e. The molecule has 2 heterocycles. The van der Waals surface area contributed by atoms with Gasteiger partial charge in [0.05, 0.1) is 19.9 Å². The lowest BCUT2D eigenvalue weighted by molar-refractivity contribution is 0.355. The second kappa shape index (κ2) is 9.94. The Labute approximate surface area is 180 Å². The first-order valence-corrected chi connectivity index (χ1v) is 10.5. The van der Waals surface area contributed by atoms with Crippen molar-refractivity contribution in [3.05, 3.63) is 53.9 Å². The molecule has 3 aromatic rings. The van der Waals surface area contributed by atoms with Crippen molar-refractivity contribution < 1.29 is 9.47 Å². The van der Waals surface area contributed by atoms with E-state index in [1.807, 2.05) is 48.5 Å². The zero-order valence-electron chi connectivity index (χ0n) is 17.4. The van der Waals surface area contributed by atoms with E-state index in [1.54, 1.807) is 26.6 Å². The Morgan fingerprint density at radius 1 is 1.07 bits per heavy atom. The van der Waals surface area contributed by atoms with Crippen LogP contribution >= 0.6 is 11.8 Å². The second-order valence-corrected chi connectivity index (χ2v) is 7.24. The molecule has 30 heavy (non-hydrogen) atoms. The number of ether oxygens (including phenoxy) is 2. The lowest BCUT2D eigenvalue weighted by atomic mass is 10.1. The first-order chi connectivity index (χ1) is 14.6. The molecular weight excluding hydrogens is 398 g/mol. The number of anilines is 1. The van der Waals surface area contributed by atoms with Gasteiger partial charge in [-0.15, -0.1) is 0 Å². The van der Waals surface area contributed by atoms with Gasteiger partial charge in [-0.1, -0.05) is 11.8 Å². The summed E-state index contributed by atoms with van der Waals surface area (Å²) in [4.78, 5) is 15.3. The summed E-state index contributed by atoms with van der Waals surface area (Å²) >= 11 is 1.44. The van der Waals surface area contributed by atoms with E-state index in [0.29, 0.717) is 40.3 Å². The van der Waals surface area contributed by atoms with E-state index in [0.717, 1.165) is 12.0 Å². The molecule has 0 bridgehead atoms. The minimum absolute atomic E-state index is 0.428. The molecule has 0 atom stereocenters. The van der Waals surface area contributed by atoms with Crippen molar-refractivity contribution in [2.45, 2.75) is 11.6 Å². The van der Waals surface area contributed by atoms with Crippen LogP contribution in [0.5, 0.6) is 11.5 Å². The number of nitrogens with zero attached hydrogens (tertiary/aromatic N) is 5. The van der Waals surface area contributed by atoms with E-state index in [1.165, 1.54) is 17.3 Å². The summed E-state index contributed by atoms with van der Waals surface area (Å²) in [5.74, 6) is 1.81. The number of thioether (sulfide) groups is 1. The summed E-state index contributed by atoms with van der Waals surface area (Å²) in [5, 5.41) is 10.6. The summed E-state index contributed by atoms with van der Waals surface area (Å²) in [5.41, 5.74) is 2.95. The first kappa shape index (κ1) is 21.4. The van der Waals surface area contributed by atoms with Crippen molar-refractivity contribution in [1.82, 2.24) is 15.0 Å². The highest BCUT2D eigenvalue weighted by atomic mass is 32.2. The predicted molar refractivity (Wildman–Crippen MR) is 118 cm³/mol. The van der Waals surface area contributed by atoms with Gasteiger partial charge in [-0.2, -0.15) is 5.26 Å². The minimum Gasteiger partial charge on any atom is -0.493 e. The van der Waals surface area contributed by atoms with Crippen molar-refractivity contribution in [3.63, 3.8) is 0 Å². The molecule has 8 heteroatoms. The fraction of sp³-hybridized carbons (Fsp3) is 0.273. The third-order valence-corrected chi connectivity index (χ3v) is 5.22. The molecule has 0 aliphatic heterocycles. The van der Waals surface area contributed by atoms with Gasteiger partial charge in [-0.05, 0) is 48.6 Å². The first-order valence-electron chi connectivity index (χ1n) is 9.29. The van der Waals surface area contributed by atoms with Gasteiger partial charge in [0.15, 0.2) is 22.5 Å². The van der Waals surface area contributed by atoms with Gasteiger partial charge in [0.25, 0.3) is 0 Å². The Morgan fingerprint density at radius 2 is 1.80 bits per heavy atom. The van der Waals surface area contributed by atoms with Crippen molar-refractivity contribution in [2.24, 2.45) is 0 Å². The minimum atomic E-state index is 0.428. The molecule has 0 unspecified atom stereocenters. The standard InChI is InChI=1S/C22H23N5O2S/c1-27(12-9-15-7-10-24-11-8-15)21-17(14-23)20(25-22(26-21)30-4)16-5-6-18(28-2)19(13-16)29-3/h5-8,10-11,13H,9,12H2,1-4H3. The third kappa shape index (κ3) is 4.63. The molecular formula is C22H23N5O2S. The van der Waals surface area contributed by atoms with Gasteiger partial charge in [0, 0.05) is 31.5 Å². The number of rotatable bonds is 8. The zero-order valence-corrected chi connectivity index (χ0v) is 18.2. The Balaban J connectivity index is 2.02. The number of likely N-dealkylation sites (N-methyl/N-ethyl adjacent to an activating group) is 1. The molecule has 0 aliphatic rings. The van der Waals surface area contributed by atoms with Gasteiger partial charge in [0.1, 0.15) is 11.6 Å².